The highest BCUT2D eigenvalue weighted by molar-refractivity contribution is 6.63. The maximum absolute atomic E-state index is 14.7. The first-order valence-corrected chi connectivity index (χ1v) is 15.9. The van der Waals surface area contributed by atoms with Crippen molar-refractivity contribution < 1.29 is 38.1 Å². The standard InChI is InChI=1S/C30H34N4O8.CHCl3/c1-7-41-25(35)29-30(26(36)42-8-2)33-15-21-22(24(40-6)10-9-23(21)39-5)16-34(30)28(38)32(29)14-20-12-18(4)17(3)11-19(20)13-31(29)27(33)37;2-1(3)4/h9-12H,7-8,13-16H2,1-6H3;1H. The number of hydrogen-bond donors (Lipinski definition) is 0. The normalized spacial score (nSPS) is 22.3. The van der Waals surface area contributed by atoms with Gasteiger partial charge < -0.3 is 18.9 Å². The third kappa shape index (κ3) is 4.63. The van der Waals surface area contributed by atoms with Crippen LogP contribution in [0.25, 0.3) is 0 Å². The van der Waals surface area contributed by atoms with E-state index < -0.39 is 39.6 Å². The van der Waals surface area contributed by atoms with Gasteiger partial charge in [-0.25, -0.2) is 19.2 Å². The number of aryl methyl sites for hydroxylation is 2. The van der Waals surface area contributed by atoms with Gasteiger partial charge in [0.05, 0.1) is 53.6 Å². The van der Waals surface area contributed by atoms with E-state index in [1.807, 2.05) is 26.0 Å². The predicted octanol–water partition coefficient (Wildman–Crippen LogP) is 5.03. The Morgan fingerprint density at radius 1 is 0.717 bits per heavy atom. The number of ether oxygens (including phenoxy) is 4. The summed E-state index contributed by atoms with van der Waals surface area (Å²) in [5.41, 5.74) is 0.303. The lowest BCUT2D eigenvalue weighted by Gasteiger charge is -2.43. The van der Waals surface area contributed by atoms with Gasteiger partial charge in [0.2, 0.25) is 0 Å². The Kier molecular flexibility index (Phi) is 9.20. The van der Waals surface area contributed by atoms with Crippen LogP contribution in [0.5, 0.6) is 11.5 Å². The molecule has 15 heteroatoms. The molecular formula is C31H35Cl3N4O8. The fourth-order valence-electron chi connectivity index (χ4n) is 7.07. The minimum absolute atomic E-state index is 0.0223. The smallest absolute Gasteiger partial charge is 0.358 e. The molecule has 0 aromatic heterocycles. The van der Waals surface area contributed by atoms with E-state index in [9.17, 15) is 19.2 Å². The quantitative estimate of drug-likeness (QED) is 0.305. The number of hydrogen-bond acceptors (Lipinski definition) is 8. The van der Waals surface area contributed by atoms with E-state index in [0.29, 0.717) is 22.6 Å². The largest absolute Gasteiger partial charge is 0.496 e. The number of halogens is 3. The summed E-state index contributed by atoms with van der Waals surface area (Å²) in [6.07, 6.45) is 0. The van der Waals surface area contributed by atoms with Gasteiger partial charge in [0, 0.05) is 11.1 Å². The molecular weight excluding hydrogens is 663 g/mol. The third-order valence-electron chi connectivity index (χ3n) is 8.98. The fraction of sp³-hybridized carbons (Fsp3) is 0.484. The number of nitrogens with zero attached hydrogens (tertiary/aromatic N) is 4. The van der Waals surface area contributed by atoms with Gasteiger partial charge in [-0.1, -0.05) is 46.9 Å². The Balaban J connectivity index is 0.000000985. The molecule has 2 fully saturated rings. The second-order valence-electron chi connectivity index (χ2n) is 11.1. The molecule has 0 bridgehead atoms. The van der Waals surface area contributed by atoms with Crippen molar-refractivity contribution in [2.24, 2.45) is 0 Å². The Labute approximate surface area is 281 Å². The van der Waals surface area contributed by atoms with E-state index in [4.69, 9.17) is 53.8 Å². The van der Waals surface area contributed by atoms with E-state index in [2.05, 4.69) is 0 Å². The molecule has 4 amide bonds. The molecule has 2 aromatic rings. The average molecular weight is 698 g/mol. The summed E-state index contributed by atoms with van der Waals surface area (Å²) < 4.78 is 21.9. The Hall–Kier alpha value is -3.61. The van der Waals surface area contributed by atoms with Gasteiger partial charge in [0.15, 0.2) is 4.30 Å². The summed E-state index contributed by atoms with van der Waals surface area (Å²) in [4.78, 5) is 63.5. The minimum atomic E-state index is -2.20. The molecule has 0 spiro atoms. The molecule has 4 heterocycles. The molecule has 0 N–H and O–H groups in total. The number of rotatable bonds is 6. The number of methoxy groups -OCH3 is 2. The van der Waals surface area contributed by atoms with Crippen molar-refractivity contribution >= 4 is 58.8 Å². The number of carbonyl (C=O) groups is 4. The first kappa shape index (κ1) is 33.7. The van der Waals surface area contributed by atoms with E-state index in [0.717, 1.165) is 22.3 Å². The van der Waals surface area contributed by atoms with Crippen LogP contribution in [0.15, 0.2) is 24.3 Å². The highest BCUT2D eigenvalue weighted by Gasteiger charge is 2.87. The molecule has 46 heavy (non-hydrogen) atoms. The third-order valence-corrected chi connectivity index (χ3v) is 8.98. The van der Waals surface area contributed by atoms with Crippen LogP contribution >= 0.6 is 34.8 Å². The maximum Gasteiger partial charge on any atom is 0.358 e. The summed E-state index contributed by atoms with van der Waals surface area (Å²) >= 11 is 14.4. The zero-order valence-electron chi connectivity index (χ0n) is 26.3. The number of benzene rings is 2. The van der Waals surface area contributed by atoms with Gasteiger partial charge in [-0.2, -0.15) is 0 Å². The van der Waals surface area contributed by atoms with Crippen LogP contribution in [0.3, 0.4) is 0 Å². The molecule has 0 radical (unpaired) electrons. The van der Waals surface area contributed by atoms with Crippen LogP contribution in [0.4, 0.5) is 9.59 Å². The highest BCUT2D eigenvalue weighted by atomic mass is 35.6. The molecule has 6 rings (SSSR count). The van der Waals surface area contributed by atoms with Crippen LogP contribution in [0.1, 0.15) is 47.2 Å². The van der Waals surface area contributed by atoms with Crippen LogP contribution in [-0.2, 0) is 45.2 Å². The molecule has 0 unspecified atom stereocenters. The monoisotopic (exact) mass is 696 g/mol. The topological polar surface area (TPSA) is 118 Å². The zero-order chi connectivity index (χ0) is 33.7. The summed E-state index contributed by atoms with van der Waals surface area (Å²) in [6.45, 7) is 6.79. The molecule has 0 saturated carbocycles. The molecule has 0 atom stereocenters. The average Bonchev–Trinajstić information content (AvgIpc) is 3.17. The zero-order valence-corrected chi connectivity index (χ0v) is 28.6. The van der Waals surface area contributed by atoms with Gasteiger partial charge in [-0.05, 0) is 62.1 Å². The molecule has 2 saturated heterocycles. The molecule has 4 aliphatic heterocycles. The van der Waals surface area contributed by atoms with Crippen molar-refractivity contribution in [1.29, 1.82) is 0 Å². The van der Waals surface area contributed by atoms with Crippen molar-refractivity contribution in [2.45, 2.75) is 69.5 Å². The van der Waals surface area contributed by atoms with Gasteiger partial charge in [0.25, 0.3) is 11.3 Å². The van der Waals surface area contributed by atoms with Crippen LogP contribution in [-0.4, -0.2) is 86.7 Å². The van der Waals surface area contributed by atoms with Crippen molar-refractivity contribution in [3.8, 4) is 11.5 Å². The minimum Gasteiger partial charge on any atom is -0.496 e. The lowest BCUT2D eigenvalue weighted by atomic mass is 9.90. The summed E-state index contributed by atoms with van der Waals surface area (Å²) in [5.74, 6) is -0.872. The summed E-state index contributed by atoms with van der Waals surface area (Å²) in [7, 11) is 3.01. The van der Waals surface area contributed by atoms with Gasteiger partial charge in [-0.3, -0.25) is 19.6 Å². The Morgan fingerprint density at radius 3 is 1.35 bits per heavy atom. The van der Waals surface area contributed by atoms with E-state index in [-0.39, 0.29) is 39.4 Å². The van der Waals surface area contributed by atoms with Gasteiger partial charge >= 0.3 is 24.0 Å². The molecule has 12 nitrogen and oxygen atoms in total. The summed E-state index contributed by atoms with van der Waals surface area (Å²) in [6, 6.07) is 6.13. The maximum atomic E-state index is 14.7. The number of urea groups is 2. The number of fused-ring (bicyclic) bond motifs is 2. The molecule has 4 aliphatic rings. The Bertz CT molecular complexity index is 1510. The number of carbonyl (C=O) groups excluding carboxylic acids is 4. The van der Waals surface area contributed by atoms with E-state index >= 15 is 0 Å². The Morgan fingerprint density at radius 2 is 1.04 bits per heavy atom. The van der Waals surface area contributed by atoms with Crippen molar-refractivity contribution in [3.05, 3.63) is 57.6 Å². The highest BCUT2D eigenvalue weighted by Crippen LogP contribution is 2.58. The van der Waals surface area contributed by atoms with Crippen molar-refractivity contribution in [1.82, 2.24) is 19.6 Å². The van der Waals surface area contributed by atoms with E-state index in [1.165, 1.54) is 33.8 Å². The van der Waals surface area contributed by atoms with Gasteiger partial charge in [0.1, 0.15) is 11.5 Å². The van der Waals surface area contributed by atoms with Crippen molar-refractivity contribution in [2.75, 3.05) is 27.4 Å². The van der Waals surface area contributed by atoms with Gasteiger partial charge in [-0.15, -0.1) is 0 Å². The second-order valence-corrected chi connectivity index (χ2v) is 13.1. The van der Waals surface area contributed by atoms with Crippen LogP contribution in [0, 0.1) is 13.8 Å². The fourth-order valence-corrected chi connectivity index (χ4v) is 7.07. The molecule has 0 aliphatic carbocycles. The number of esters is 2. The molecule has 2 aromatic carbocycles. The summed E-state index contributed by atoms with van der Waals surface area (Å²) in [5, 5.41) is 0. The first-order valence-electron chi connectivity index (χ1n) is 14.6. The van der Waals surface area contributed by atoms with Crippen LogP contribution in [0.2, 0.25) is 0 Å². The second kappa shape index (κ2) is 12.5. The molecule has 248 valence electrons. The lowest BCUT2D eigenvalue weighted by molar-refractivity contribution is -0.191. The number of amides is 4. The SMILES string of the molecule is CCOC(=O)C12N3Cc4cc(C)c(C)cc4CN1C(=O)N1Cc4c(OC)ccc(OC)c4CN(C3=O)C12C(=O)OCC.ClC(Cl)Cl. The van der Waals surface area contributed by atoms with E-state index in [1.54, 1.807) is 26.0 Å². The number of alkyl halides is 3. The lowest BCUT2D eigenvalue weighted by Crippen LogP contribution is -2.75. The predicted molar refractivity (Wildman–Crippen MR) is 169 cm³/mol. The first-order chi connectivity index (χ1) is 21.9. The van der Waals surface area contributed by atoms with Crippen LogP contribution < -0.4 is 9.47 Å². The van der Waals surface area contributed by atoms with Crippen molar-refractivity contribution in [3.63, 3.8) is 0 Å².